The van der Waals surface area contributed by atoms with Crippen LogP contribution in [-0.2, 0) is 12.8 Å². The van der Waals surface area contributed by atoms with E-state index in [1.54, 1.807) is 11.3 Å². The molecule has 0 fully saturated rings. The van der Waals surface area contributed by atoms with Gasteiger partial charge in [0.1, 0.15) is 11.4 Å². The average molecular weight is 344 g/mol. The third-order valence-electron chi connectivity index (χ3n) is 4.91. The van der Waals surface area contributed by atoms with Crippen molar-refractivity contribution in [2.45, 2.75) is 19.3 Å². The fraction of sp³-hybridized carbons (Fsp3) is 0.143. The first-order valence-corrected chi connectivity index (χ1v) is 9.30. The number of nitrogens with zero attached hydrogens (tertiary/aromatic N) is 2. The van der Waals surface area contributed by atoms with E-state index in [2.05, 4.69) is 30.3 Å². The third kappa shape index (κ3) is 2.33. The molecule has 122 valence electrons. The second-order valence-electron chi connectivity index (χ2n) is 6.41. The number of fused-ring (bicyclic) bond motifs is 2. The van der Waals surface area contributed by atoms with Crippen LogP contribution in [0.4, 0.5) is 0 Å². The highest BCUT2D eigenvalue weighted by molar-refractivity contribution is 7.20. The monoisotopic (exact) mass is 344 g/mol. The molecule has 4 aromatic rings. The van der Waals surface area contributed by atoms with E-state index in [1.807, 2.05) is 28.8 Å². The summed E-state index contributed by atoms with van der Waals surface area (Å²) in [4.78, 5) is 18.5. The van der Waals surface area contributed by atoms with Gasteiger partial charge in [-0.2, -0.15) is 0 Å². The van der Waals surface area contributed by atoms with Crippen LogP contribution in [0.5, 0.6) is 0 Å². The first kappa shape index (κ1) is 14.6. The normalized spacial score (nSPS) is 13.3. The molecule has 0 unspecified atom stereocenters. The Morgan fingerprint density at radius 2 is 1.84 bits per heavy atom. The molecular weight excluding hydrogens is 328 g/mol. The lowest BCUT2D eigenvalue weighted by Crippen LogP contribution is -1.92. The molecule has 0 bridgehead atoms. The van der Waals surface area contributed by atoms with Gasteiger partial charge < -0.3 is 0 Å². The Kier molecular flexibility index (Phi) is 3.31. The topological polar surface area (TPSA) is 34.4 Å². The third-order valence-corrected chi connectivity index (χ3v) is 5.94. The molecule has 4 heteroatoms. The molecular formula is C21H16N2OS. The summed E-state index contributed by atoms with van der Waals surface area (Å²) in [5.74, 6) is 0. The lowest BCUT2D eigenvalue weighted by atomic mass is 10.0. The first-order valence-electron chi connectivity index (χ1n) is 8.48. The Morgan fingerprint density at radius 3 is 2.68 bits per heavy atom. The van der Waals surface area contributed by atoms with Crippen molar-refractivity contribution in [3.8, 4) is 21.7 Å². The molecule has 0 N–H and O–H groups in total. The highest BCUT2D eigenvalue weighted by Crippen LogP contribution is 2.34. The Balaban J connectivity index is 1.65. The summed E-state index contributed by atoms with van der Waals surface area (Å²) in [6, 6.07) is 16.7. The van der Waals surface area contributed by atoms with Gasteiger partial charge in [0.05, 0.1) is 4.88 Å². The predicted octanol–water partition coefficient (Wildman–Crippen LogP) is 5.03. The Labute approximate surface area is 149 Å². The Hall–Kier alpha value is -2.72. The van der Waals surface area contributed by atoms with Crippen LogP contribution in [-0.4, -0.2) is 15.7 Å². The largest absolute Gasteiger partial charge is 0.296 e. The van der Waals surface area contributed by atoms with Gasteiger partial charge in [-0.05, 0) is 42.0 Å². The standard InChI is InChI=1S/C21H16N2OS/c24-13-18-20(17-10-9-14-7-4-8-16(14)11-17)22-21-23(18)12-19(25-21)15-5-2-1-3-6-15/h1-3,5-6,9-13H,4,7-8H2. The molecule has 2 aromatic carbocycles. The SMILES string of the molecule is O=Cc1c(-c2ccc3c(c2)CCC3)nc2sc(-c3ccccc3)cn12. The van der Waals surface area contributed by atoms with E-state index in [0.717, 1.165) is 45.8 Å². The van der Waals surface area contributed by atoms with Gasteiger partial charge in [0, 0.05) is 11.8 Å². The quantitative estimate of drug-likeness (QED) is 0.488. The minimum atomic E-state index is 0.631. The molecule has 0 atom stereocenters. The molecule has 0 aliphatic heterocycles. The number of hydrogen-bond donors (Lipinski definition) is 0. The maximum atomic E-state index is 11.8. The average Bonchev–Trinajstić information content (AvgIpc) is 3.35. The van der Waals surface area contributed by atoms with Crippen molar-refractivity contribution in [2.75, 3.05) is 0 Å². The molecule has 0 radical (unpaired) electrons. The second kappa shape index (κ2) is 5.67. The smallest absolute Gasteiger partial charge is 0.195 e. The van der Waals surface area contributed by atoms with Gasteiger partial charge in [-0.3, -0.25) is 9.20 Å². The van der Waals surface area contributed by atoms with Gasteiger partial charge in [0.15, 0.2) is 11.2 Å². The van der Waals surface area contributed by atoms with Gasteiger partial charge >= 0.3 is 0 Å². The highest BCUT2D eigenvalue weighted by atomic mass is 32.1. The van der Waals surface area contributed by atoms with Crippen molar-refractivity contribution >= 4 is 22.6 Å². The summed E-state index contributed by atoms with van der Waals surface area (Å²) in [7, 11) is 0. The van der Waals surface area contributed by atoms with Crippen molar-refractivity contribution in [1.82, 2.24) is 9.38 Å². The van der Waals surface area contributed by atoms with Gasteiger partial charge in [0.25, 0.3) is 0 Å². The molecule has 5 rings (SSSR count). The molecule has 1 aliphatic carbocycles. The molecule has 2 aromatic heterocycles. The van der Waals surface area contributed by atoms with Crippen LogP contribution in [0.1, 0.15) is 28.0 Å². The van der Waals surface area contributed by atoms with E-state index < -0.39 is 0 Å². The number of aryl methyl sites for hydroxylation is 2. The molecule has 0 spiro atoms. The van der Waals surface area contributed by atoms with Crippen LogP contribution in [0, 0.1) is 0 Å². The molecule has 0 saturated carbocycles. The fourth-order valence-electron chi connectivity index (χ4n) is 3.64. The van der Waals surface area contributed by atoms with Gasteiger partial charge in [-0.15, -0.1) is 0 Å². The maximum absolute atomic E-state index is 11.8. The van der Waals surface area contributed by atoms with Crippen LogP contribution >= 0.6 is 11.3 Å². The Bertz CT molecular complexity index is 1090. The van der Waals surface area contributed by atoms with Crippen molar-refractivity contribution in [3.63, 3.8) is 0 Å². The molecule has 25 heavy (non-hydrogen) atoms. The van der Waals surface area contributed by atoms with E-state index in [9.17, 15) is 4.79 Å². The van der Waals surface area contributed by atoms with Crippen molar-refractivity contribution in [3.05, 3.63) is 71.5 Å². The second-order valence-corrected chi connectivity index (χ2v) is 7.42. The summed E-state index contributed by atoms with van der Waals surface area (Å²) < 4.78 is 1.92. The number of carbonyl (C=O) groups excluding carboxylic acids is 1. The number of thiazole rings is 1. The summed E-state index contributed by atoms with van der Waals surface area (Å²) in [6.07, 6.45) is 6.44. The first-order chi connectivity index (χ1) is 12.3. The number of aromatic nitrogens is 2. The van der Waals surface area contributed by atoms with Crippen LogP contribution in [0.25, 0.3) is 26.7 Å². The summed E-state index contributed by atoms with van der Waals surface area (Å²) >= 11 is 1.61. The maximum Gasteiger partial charge on any atom is 0.195 e. The van der Waals surface area contributed by atoms with Crippen molar-refractivity contribution < 1.29 is 4.79 Å². The van der Waals surface area contributed by atoms with E-state index in [4.69, 9.17) is 4.98 Å². The van der Waals surface area contributed by atoms with Crippen molar-refractivity contribution in [2.24, 2.45) is 0 Å². The van der Waals surface area contributed by atoms with E-state index in [1.165, 1.54) is 17.5 Å². The van der Waals surface area contributed by atoms with Gasteiger partial charge in [0.2, 0.25) is 0 Å². The lowest BCUT2D eigenvalue weighted by Gasteiger charge is -2.03. The number of aldehydes is 1. The van der Waals surface area contributed by atoms with E-state index in [0.29, 0.717) is 5.69 Å². The van der Waals surface area contributed by atoms with Crippen molar-refractivity contribution in [1.29, 1.82) is 0 Å². The molecule has 1 aliphatic rings. The zero-order valence-corrected chi connectivity index (χ0v) is 14.4. The number of hydrogen-bond acceptors (Lipinski definition) is 3. The summed E-state index contributed by atoms with van der Waals surface area (Å²) in [5.41, 5.74) is 6.44. The zero-order valence-electron chi connectivity index (χ0n) is 13.6. The number of rotatable bonds is 3. The van der Waals surface area contributed by atoms with Gasteiger partial charge in [-0.1, -0.05) is 53.8 Å². The Morgan fingerprint density at radius 1 is 1.00 bits per heavy atom. The van der Waals surface area contributed by atoms with Crippen LogP contribution in [0.15, 0.2) is 54.7 Å². The summed E-state index contributed by atoms with van der Waals surface area (Å²) in [6.45, 7) is 0. The minimum Gasteiger partial charge on any atom is -0.296 e. The predicted molar refractivity (Wildman–Crippen MR) is 101 cm³/mol. The molecule has 0 amide bonds. The molecule has 0 saturated heterocycles. The van der Waals surface area contributed by atoms with Crippen LogP contribution in [0.2, 0.25) is 0 Å². The van der Waals surface area contributed by atoms with Crippen LogP contribution in [0.3, 0.4) is 0 Å². The van der Waals surface area contributed by atoms with E-state index in [-0.39, 0.29) is 0 Å². The number of carbonyl (C=O) groups is 1. The summed E-state index contributed by atoms with van der Waals surface area (Å²) in [5, 5.41) is 0. The number of benzene rings is 2. The highest BCUT2D eigenvalue weighted by Gasteiger charge is 2.19. The van der Waals surface area contributed by atoms with E-state index >= 15 is 0 Å². The number of imidazole rings is 1. The molecule has 2 heterocycles. The van der Waals surface area contributed by atoms with Crippen LogP contribution < -0.4 is 0 Å². The fourth-order valence-corrected chi connectivity index (χ4v) is 4.64. The van der Waals surface area contributed by atoms with Gasteiger partial charge in [-0.25, -0.2) is 4.98 Å². The molecule has 3 nitrogen and oxygen atoms in total. The lowest BCUT2D eigenvalue weighted by molar-refractivity contribution is 0.111. The zero-order chi connectivity index (χ0) is 16.8. The minimum absolute atomic E-state index is 0.631.